The first kappa shape index (κ1) is 21.6. The first-order chi connectivity index (χ1) is 16.2. The van der Waals surface area contributed by atoms with E-state index in [1.54, 1.807) is 11.3 Å². The maximum absolute atomic E-state index is 11.8. The summed E-state index contributed by atoms with van der Waals surface area (Å²) in [6.45, 7) is 2.90. The molecule has 0 spiro atoms. The SMILES string of the molecule is O=C1CC[C@@H](CN(Cc2ccccc2)Cc2nc(NCc3cccs3)c3ccccc3n2)N1. The van der Waals surface area contributed by atoms with Crippen LogP contribution in [0.1, 0.15) is 29.1 Å². The number of thiophene rings is 1. The van der Waals surface area contributed by atoms with E-state index in [0.29, 0.717) is 13.0 Å². The number of carbonyl (C=O) groups is 1. The second kappa shape index (κ2) is 10.1. The summed E-state index contributed by atoms with van der Waals surface area (Å²) in [4.78, 5) is 25.1. The minimum absolute atomic E-state index is 0.140. The van der Waals surface area contributed by atoms with Gasteiger partial charge in [0.1, 0.15) is 11.6 Å². The molecule has 2 aromatic heterocycles. The lowest BCUT2D eigenvalue weighted by molar-refractivity contribution is -0.119. The lowest BCUT2D eigenvalue weighted by atomic mass is 10.1. The minimum Gasteiger partial charge on any atom is -0.365 e. The summed E-state index contributed by atoms with van der Waals surface area (Å²) in [7, 11) is 0. The number of benzene rings is 2. The molecule has 0 aliphatic carbocycles. The molecule has 6 nitrogen and oxygen atoms in total. The summed E-state index contributed by atoms with van der Waals surface area (Å²) in [5, 5.41) is 9.73. The fourth-order valence-electron chi connectivity index (χ4n) is 4.27. The molecule has 0 unspecified atom stereocenters. The first-order valence-corrected chi connectivity index (χ1v) is 12.2. The fraction of sp³-hybridized carbons (Fsp3) is 0.269. The van der Waals surface area contributed by atoms with Crippen molar-refractivity contribution in [2.45, 2.75) is 38.5 Å². The highest BCUT2D eigenvalue weighted by atomic mass is 32.1. The van der Waals surface area contributed by atoms with E-state index in [1.807, 2.05) is 24.3 Å². The molecule has 0 bridgehead atoms. The predicted molar refractivity (Wildman–Crippen MR) is 133 cm³/mol. The lowest BCUT2D eigenvalue weighted by Gasteiger charge is -2.25. The Morgan fingerprint density at radius 1 is 1.00 bits per heavy atom. The number of hydrogen-bond acceptors (Lipinski definition) is 6. The zero-order chi connectivity index (χ0) is 22.5. The number of nitrogens with one attached hydrogen (secondary N) is 2. The third kappa shape index (κ3) is 5.56. The molecule has 1 fully saturated rings. The highest BCUT2D eigenvalue weighted by molar-refractivity contribution is 7.09. The van der Waals surface area contributed by atoms with Gasteiger partial charge in [-0.05, 0) is 35.6 Å². The van der Waals surface area contributed by atoms with Gasteiger partial charge in [0.15, 0.2) is 0 Å². The van der Waals surface area contributed by atoms with Gasteiger partial charge in [-0.15, -0.1) is 11.3 Å². The van der Waals surface area contributed by atoms with Crippen LogP contribution in [0.5, 0.6) is 0 Å². The van der Waals surface area contributed by atoms with Crippen molar-refractivity contribution in [2.24, 2.45) is 0 Å². The van der Waals surface area contributed by atoms with E-state index in [9.17, 15) is 4.79 Å². The number of rotatable bonds is 9. The Kier molecular flexibility index (Phi) is 6.60. The Bertz CT molecular complexity index is 1210. The van der Waals surface area contributed by atoms with E-state index in [1.165, 1.54) is 10.4 Å². The summed E-state index contributed by atoms with van der Waals surface area (Å²) in [6, 6.07) is 22.9. The molecule has 2 N–H and O–H groups in total. The smallest absolute Gasteiger partial charge is 0.220 e. The monoisotopic (exact) mass is 457 g/mol. The third-order valence-corrected chi connectivity index (χ3v) is 6.71. The summed E-state index contributed by atoms with van der Waals surface area (Å²) >= 11 is 1.73. The van der Waals surface area contributed by atoms with E-state index < -0.39 is 0 Å². The number of carbonyl (C=O) groups excluding carboxylic acids is 1. The molecule has 4 aromatic rings. The number of nitrogens with zero attached hydrogens (tertiary/aromatic N) is 3. The van der Waals surface area contributed by atoms with E-state index >= 15 is 0 Å². The molecule has 1 saturated heterocycles. The van der Waals surface area contributed by atoms with Crippen LogP contribution in [0.25, 0.3) is 10.9 Å². The van der Waals surface area contributed by atoms with Gasteiger partial charge < -0.3 is 10.6 Å². The lowest BCUT2D eigenvalue weighted by Crippen LogP contribution is -2.38. The second-order valence-corrected chi connectivity index (χ2v) is 9.43. The van der Waals surface area contributed by atoms with Crippen molar-refractivity contribution in [1.29, 1.82) is 0 Å². The summed E-state index contributed by atoms with van der Waals surface area (Å²) in [5.41, 5.74) is 2.17. The first-order valence-electron chi connectivity index (χ1n) is 11.3. The number of hydrogen-bond donors (Lipinski definition) is 2. The normalized spacial score (nSPS) is 15.8. The van der Waals surface area contributed by atoms with Gasteiger partial charge in [-0.2, -0.15) is 0 Å². The van der Waals surface area contributed by atoms with Crippen LogP contribution in [0.2, 0.25) is 0 Å². The van der Waals surface area contributed by atoms with Crippen molar-refractivity contribution in [1.82, 2.24) is 20.2 Å². The van der Waals surface area contributed by atoms with E-state index in [0.717, 1.165) is 48.6 Å². The Labute approximate surface area is 197 Å². The molecule has 0 saturated carbocycles. The fourth-order valence-corrected chi connectivity index (χ4v) is 4.91. The quantitative estimate of drug-likeness (QED) is 0.385. The molecular weight excluding hydrogens is 430 g/mol. The molecule has 1 aliphatic heterocycles. The molecule has 1 atom stereocenters. The maximum atomic E-state index is 11.8. The average molecular weight is 458 g/mol. The van der Waals surface area contributed by atoms with Crippen molar-refractivity contribution < 1.29 is 4.79 Å². The Morgan fingerprint density at radius 3 is 2.64 bits per heavy atom. The van der Waals surface area contributed by atoms with Crippen LogP contribution in [0.4, 0.5) is 5.82 Å². The Balaban J connectivity index is 1.40. The van der Waals surface area contributed by atoms with Crippen molar-refractivity contribution in [3.8, 4) is 0 Å². The van der Waals surface area contributed by atoms with Gasteiger partial charge in [0.2, 0.25) is 5.91 Å². The van der Waals surface area contributed by atoms with Gasteiger partial charge in [0.05, 0.1) is 18.6 Å². The second-order valence-electron chi connectivity index (χ2n) is 8.40. The van der Waals surface area contributed by atoms with E-state index in [4.69, 9.17) is 9.97 Å². The van der Waals surface area contributed by atoms with Gasteiger partial charge in [0, 0.05) is 35.8 Å². The number of fused-ring (bicyclic) bond motifs is 1. The Hall–Kier alpha value is -3.29. The van der Waals surface area contributed by atoms with Crippen LogP contribution >= 0.6 is 11.3 Å². The Morgan fingerprint density at radius 2 is 1.85 bits per heavy atom. The third-order valence-electron chi connectivity index (χ3n) is 5.84. The molecule has 5 rings (SSSR count). The molecule has 1 aliphatic rings. The van der Waals surface area contributed by atoms with Crippen LogP contribution in [0.15, 0.2) is 72.1 Å². The van der Waals surface area contributed by atoms with Gasteiger partial charge in [0.25, 0.3) is 0 Å². The molecule has 33 heavy (non-hydrogen) atoms. The topological polar surface area (TPSA) is 70.2 Å². The highest BCUT2D eigenvalue weighted by Crippen LogP contribution is 2.23. The number of anilines is 1. The van der Waals surface area contributed by atoms with Crippen LogP contribution in [0.3, 0.4) is 0 Å². The zero-order valence-corrected chi connectivity index (χ0v) is 19.2. The van der Waals surface area contributed by atoms with Gasteiger partial charge in [-0.3, -0.25) is 9.69 Å². The van der Waals surface area contributed by atoms with Crippen molar-refractivity contribution in [2.75, 3.05) is 11.9 Å². The van der Waals surface area contributed by atoms with Gasteiger partial charge in [-0.1, -0.05) is 48.5 Å². The molecule has 1 amide bonds. The maximum Gasteiger partial charge on any atom is 0.220 e. The largest absolute Gasteiger partial charge is 0.365 e. The van der Waals surface area contributed by atoms with Crippen molar-refractivity contribution >= 4 is 34.0 Å². The standard InChI is InChI=1S/C26H27N5OS/c32-25-13-12-20(28-25)17-31(16-19-7-2-1-3-8-19)18-24-29-23-11-5-4-10-22(23)26(30-24)27-15-21-9-6-14-33-21/h1-11,14,20H,12-13,15-18H2,(H,28,32)(H,27,29,30)/t20-/m0/s1. The summed E-state index contributed by atoms with van der Waals surface area (Å²) < 4.78 is 0. The molecule has 0 radical (unpaired) electrons. The number of amides is 1. The van der Waals surface area contributed by atoms with Gasteiger partial charge >= 0.3 is 0 Å². The molecule has 168 valence electrons. The zero-order valence-electron chi connectivity index (χ0n) is 18.4. The summed E-state index contributed by atoms with van der Waals surface area (Å²) in [6.07, 6.45) is 1.48. The minimum atomic E-state index is 0.140. The number of aromatic nitrogens is 2. The van der Waals surface area contributed by atoms with Crippen LogP contribution in [-0.4, -0.2) is 33.4 Å². The molecule has 3 heterocycles. The number of para-hydroxylation sites is 1. The van der Waals surface area contributed by atoms with Crippen LogP contribution < -0.4 is 10.6 Å². The van der Waals surface area contributed by atoms with Crippen LogP contribution in [0, 0.1) is 0 Å². The summed E-state index contributed by atoms with van der Waals surface area (Å²) in [5.74, 6) is 1.78. The van der Waals surface area contributed by atoms with Gasteiger partial charge in [-0.25, -0.2) is 9.97 Å². The van der Waals surface area contributed by atoms with E-state index in [2.05, 4.69) is 63.4 Å². The van der Waals surface area contributed by atoms with E-state index in [-0.39, 0.29) is 11.9 Å². The predicted octanol–water partition coefficient (Wildman–Crippen LogP) is 4.58. The van der Waals surface area contributed by atoms with Crippen molar-refractivity contribution in [3.63, 3.8) is 0 Å². The average Bonchev–Trinajstić information content (AvgIpc) is 3.50. The van der Waals surface area contributed by atoms with Crippen LogP contribution in [-0.2, 0) is 24.4 Å². The molecular formula is C26H27N5OS. The highest BCUT2D eigenvalue weighted by Gasteiger charge is 2.24. The van der Waals surface area contributed by atoms with Crippen molar-refractivity contribution in [3.05, 3.63) is 88.4 Å². The molecule has 7 heteroatoms. The molecule has 2 aromatic carbocycles.